The second-order valence-corrected chi connectivity index (χ2v) is 11.1. The molecule has 0 radical (unpaired) electrons. The van der Waals surface area contributed by atoms with E-state index < -0.39 is 11.7 Å². The molecule has 2 aromatic carbocycles. The number of carbonyl (C=O) groups is 1. The molecule has 9 nitrogen and oxygen atoms in total. The summed E-state index contributed by atoms with van der Waals surface area (Å²) < 4.78 is 24.4. The monoisotopic (exact) mass is 546 g/mol. The number of hydrogen-bond acceptors (Lipinski definition) is 6. The Morgan fingerprint density at radius 2 is 1.95 bits per heavy atom. The maximum Gasteiger partial charge on any atom is 0.273 e. The zero-order valence-electron chi connectivity index (χ0n) is 23.7. The van der Waals surface area contributed by atoms with Crippen molar-refractivity contribution in [3.05, 3.63) is 63.6 Å². The lowest BCUT2D eigenvalue weighted by atomic mass is 9.96. The molecular weight excluding hydrogens is 511 g/mol. The van der Waals surface area contributed by atoms with Crippen molar-refractivity contribution in [2.24, 2.45) is 7.05 Å². The van der Waals surface area contributed by atoms with Crippen molar-refractivity contribution in [1.82, 2.24) is 19.7 Å². The van der Waals surface area contributed by atoms with Gasteiger partial charge in [0.2, 0.25) is 5.91 Å². The molecule has 3 heterocycles. The number of aromatic nitrogens is 3. The number of nitrogens with one attached hydrogen (secondary N) is 2. The lowest BCUT2D eigenvalue weighted by Gasteiger charge is -2.19. The fraction of sp³-hybridized carbons (Fsp3) is 0.367. The van der Waals surface area contributed by atoms with Crippen LogP contribution < -0.4 is 26.7 Å². The first-order chi connectivity index (χ1) is 18.9. The number of alkyl halides is 1. The summed E-state index contributed by atoms with van der Waals surface area (Å²) in [4.78, 5) is 25.9. The number of rotatable bonds is 7. The van der Waals surface area contributed by atoms with Crippen molar-refractivity contribution < 1.29 is 13.9 Å². The molecule has 0 saturated carbocycles. The van der Waals surface area contributed by atoms with Crippen LogP contribution in [0.4, 0.5) is 15.9 Å². The quantitative estimate of drug-likeness (QED) is 0.312. The molecular formula is C30H35FN6O3. The van der Waals surface area contributed by atoms with Crippen LogP contribution in [0.3, 0.4) is 0 Å². The molecule has 1 unspecified atom stereocenters. The fourth-order valence-corrected chi connectivity index (χ4v) is 5.31. The van der Waals surface area contributed by atoms with Gasteiger partial charge in [0.25, 0.3) is 5.56 Å². The highest BCUT2D eigenvalue weighted by Crippen LogP contribution is 2.43. The lowest BCUT2D eigenvalue weighted by molar-refractivity contribution is -0.121. The van der Waals surface area contributed by atoms with Gasteiger partial charge in [-0.1, -0.05) is 18.2 Å². The van der Waals surface area contributed by atoms with Crippen LogP contribution in [0.2, 0.25) is 0 Å². The molecule has 1 aliphatic heterocycles. The number of carbonyl (C=O) groups excluding carboxylic acids is 1. The number of nitrogens with zero attached hydrogens (tertiary/aromatic N) is 3. The van der Waals surface area contributed by atoms with E-state index in [2.05, 4.69) is 15.7 Å². The molecule has 0 bridgehead atoms. The summed E-state index contributed by atoms with van der Waals surface area (Å²) in [6.45, 7) is 9.26. The second kappa shape index (κ2) is 10.0. The summed E-state index contributed by atoms with van der Waals surface area (Å²) in [7, 11) is 1.67. The zero-order chi connectivity index (χ0) is 28.9. The van der Waals surface area contributed by atoms with E-state index in [1.165, 1.54) is 18.4 Å². The third-order valence-electron chi connectivity index (χ3n) is 7.20. The van der Waals surface area contributed by atoms with Crippen LogP contribution in [-0.2, 0) is 24.8 Å². The summed E-state index contributed by atoms with van der Waals surface area (Å²) >= 11 is 0. The van der Waals surface area contributed by atoms with Gasteiger partial charge in [-0.2, -0.15) is 5.10 Å². The Hall–Kier alpha value is -4.34. The third kappa shape index (κ3) is 4.89. The number of anilines is 2. The van der Waals surface area contributed by atoms with Gasteiger partial charge in [0.1, 0.15) is 28.9 Å². The number of likely N-dealkylation sites (N-methyl/N-ethyl adjacent to an activating group) is 1. The number of aryl methyl sites for hydroxylation is 3. The number of ether oxygens (including phenoxy) is 1. The van der Waals surface area contributed by atoms with Gasteiger partial charge >= 0.3 is 0 Å². The molecule has 1 aliphatic rings. The van der Waals surface area contributed by atoms with Crippen LogP contribution in [0.5, 0.6) is 11.5 Å². The maximum absolute atomic E-state index is 14.7. The SMILES string of the molecule is CCNC(=O)C1Cc2c(-c3cc4c(cc3Oc3c(C)cccc3C)c(N)nn4CC(C)(C)F)cn(C)c(=O)c2N1. The molecule has 0 fully saturated rings. The molecule has 0 spiro atoms. The minimum atomic E-state index is -1.53. The average molecular weight is 547 g/mol. The van der Waals surface area contributed by atoms with Gasteiger partial charge in [-0.05, 0) is 63.4 Å². The molecule has 210 valence electrons. The third-order valence-corrected chi connectivity index (χ3v) is 7.20. The molecule has 4 N–H and O–H groups in total. The molecule has 40 heavy (non-hydrogen) atoms. The molecule has 0 saturated heterocycles. The highest BCUT2D eigenvalue weighted by molar-refractivity contribution is 5.97. The van der Waals surface area contributed by atoms with Crippen LogP contribution in [0, 0.1) is 13.8 Å². The van der Waals surface area contributed by atoms with E-state index in [9.17, 15) is 14.0 Å². The number of nitrogen functional groups attached to an aromatic ring is 1. The van der Waals surface area contributed by atoms with Gasteiger partial charge in [-0.25, -0.2) is 4.39 Å². The minimum absolute atomic E-state index is 0.00342. The van der Waals surface area contributed by atoms with Gasteiger partial charge in [0, 0.05) is 42.7 Å². The summed E-state index contributed by atoms with van der Waals surface area (Å²) in [5, 5.41) is 11.0. The molecule has 1 amide bonds. The summed E-state index contributed by atoms with van der Waals surface area (Å²) in [6.07, 6.45) is 2.08. The van der Waals surface area contributed by atoms with E-state index in [0.717, 1.165) is 22.3 Å². The van der Waals surface area contributed by atoms with Crippen LogP contribution in [-0.4, -0.2) is 38.5 Å². The van der Waals surface area contributed by atoms with E-state index in [-0.39, 0.29) is 23.8 Å². The van der Waals surface area contributed by atoms with Crippen LogP contribution >= 0.6 is 0 Å². The van der Waals surface area contributed by atoms with E-state index in [0.29, 0.717) is 46.6 Å². The minimum Gasteiger partial charge on any atom is -0.456 e. The van der Waals surface area contributed by atoms with E-state index in [1.54, 1.807) is 17.9 Å². The number of nitrogens with two attached hydrogens (primary N) is 1. The Morgan fingerprint density at radius 3 is 2.60 bits per heavy atom. The number of hydrogen-bond donors (Lipinski definition) is 3. The number of benzene rings is 2. The predicted octanol–water partition coefficient (Wildman–Crippen LogP) is 4.61. The van der Waals surface area contributed by atoms with Crippen LogP contribution in [0.25, 0.3) is 22.0 Å². The number of halogens is 1. The average Bonchev–Trinajstić information content (AvgIpc) is 3.44. The van der Waals surface area contributed by atoms with E-state index >= 15 is 0 Å². The molecule has 4 aromatic rings. The van der Waals surface area contributed by atoms with Gasteiger partial charge in [0.05, 0.1) is 12.1 Å². The molecule has 0 aliphatic carbocycles. The first kappa shape index (κ1) is 27.2. The highest BCUT2D eigenvalue weighted by atomic mass is 19.1. The normalized spacial score (nSPS) is 14.7. The van der Waals surface area contributed by atoms with E-state index in [4.69, 9.17) is 10.5 Å². The standard InChI is InChI=1S/C30H35FN6O3/c1-7-33-28(38)22-11-19-21(14-36(6)29(39)25(19)34-22)18-12-23-20(27(32)35-37(23)15-30(4,5)31)13-24(18)40-26-16(2)9-8-10-17(26)3/h8-10,12-14,22,34H,7,11,15H2,1-6H3,(H2,32,35)(H,33,38). The Morgan fingerprint density at radius 1 is 1.25 bits per heavy atom. The number of pyridine rings is 1. The Balaban J connectivity index is 1.76. The largest absolute Gasteiger partial charge is 0.456 e. The topological polar surface area (TPSA) is 116 Å². The first-order valence-corrected chi connectivity index (χ1v) is 13.4. The first-order valence-electron chi connectivity index (χ1n) is 13.4. The lowest BCUT2D eigenvalue weighted by Crippen LogP contribution is -2.38. The van der Waals surface area contributed by atoms with Crippen LogP contribution in [0.15, 0.2) is 41.3 Å². The summed E-state index contributed by atoms with van der Waals surface area (Å²) in [5.74, 6) is 1.31. The Labute approximate surface area is 232 Å². The van der Waals surface area contributed by atoms with Crippen molar-refractivity contribution >= 4 is 28.3 Å². The number of amides is 1. The highest BCUT2D eigenvalue weighted by Gasteiger charge is 2.33. The maximum atomic E-state index is 14.7. The molecule has 5 rings (SSSR count). The van der Waals surface area contributed by atoms with Gasteiger partial charge < -0.3 is 25.7 Å². The smallest absolute Gasteiger partial charge is 0.273 e. The van der Waals surface area contributed by atoms with Crippen molar-refractivity contribution in [3.63, 3.8) is 0 Å². The van der Waals surface area contributed by atoms with Gasteiger partial charge in [-0.3, -0.25) is 14.3 Å². The summed E-state index contributed by atoms with van der Waals surface area (Å²) in [6, 6.07) is 9.04. The molecule has 10 heteroatoms. The molecule has 1 atom stereocenters. The van der Waals surface area contributed by atoms with Crippen LogP contribution in [0.1, 0.15) is 37.5 Å². The molecule has 2 aromatic heterocycles. The van der Waals surface area contributed by atoms with Gasteiger partial charge in [-0.15, -0.1) is 0 Å². The van der Waals surface area contributed by atoms with Crippen molar-refractivity contribution in [2.45, 2.75) is 59.3 Å². The van der Waals surface area contributed by atoms with Crippen molar-refractivity contribution in [2.75, 3.05) is 17.6 Å². The fourth-order valence-electron chi connectivity index (χ4n) is 5.31. The number of para-hydroxylation sites is 1. The number of fused-ring (bicyclic) bond motifs is 2. The zero-order valence-corrected chi connectivity index (χ0v) is 23.7. The Bertz CT molecular complexity index is 1680. The second-order valence-electron chi connectivity index (χ2n) is 11.1. The van der Waals surface area contributed by atoms with Crippen molar-refractivity contribution in [3.8, 4) is 22.6 Å². The van der Waals surface area contributed by atoms with Gasteiger partial charge in [0.15, 0.2) is 5.82 Å². The predicted molar refractivity (Wildman–Crippen MR) is 156 cm³/mol. The Kier molecular flexibility index (Phi) is 6.81. The van der Waals surface area contributed by atoms with Crippen molar-refractivity contribution in [1.29, 1.82) is 0 Å². The summed E-state index contributed by atoms with van der Waals surface area (Å²) in [5.41, 5.74) is 9.62. The van der Waals surface area contributed by atoms with E-state index in [1.807, 2.05) is 51.1 Å².